The average molecular weight is 370 g/mol. The van der Waals surface area contributed by atoms with E-state index in [-0.39, 0.29) is 6.42 Å². The Labute approximate surface area is 159 Å². The third-order valence-electron chi connectivity index (χ3n) is 4.08. The van der Waals surface area contributed by atoms with Gasteiger partial charge in [0.15, 0.2) is 0 Å². The second-order valence-electron chi connectivity index (χ2n) is 6.16. The third kappa shape index (κ3) is 6.40. The van der Waals surface area contributed by atoms with Crippen molar-refractivity contribution in [1.82, 2.24) is 10.3 Å². The molecule has 0 aliphatic carbocycles. The summed E-state index contributed by atoms with van der Waals surface area (Å²) in [6, 6.07) is 9.37. The Morgan fingerprint density at radius 2 is 1.96 bits per heavy atom. The SMILES string of the molecule is CCOc1ccc(CCC(=O)C(=O)NCCc2ccc(C)cn2)c(OC)c1. The van der Waals surface area contributed by atoms with Crippen molar-refractivity contribution in [2.75, 3.05) is 20.3 Å². The smallest absolute Gasteiger partial charge is 0.287 e. The number of ketones is 1. The molecule has 0 unspecified atom stereocenters. The molecule has 0 aliphatic rings. The molecule has 0 bridgehead atoms. The van der Waals surface area contributed by atoms with Gasteiger partial charge in [0, 0.05) is 37.3 Å². The maximum absolute atomic E-state index is 12.1. The number of aromatic nitrogens is 1. The summed E-state index contributed by atoms with van der Waals surface area (Å²) in [5.41, 5.74) is 2.83. The van der Waals surface area contributed by atoms with Gasteiger partial charge < -0.3 is 14.8 Å². The van der Waals surface area contributed by atoms with Crippen molar-refractivity contribution < 1.29 is 19.1 Å². The first-order valence-electron chi connectivity index (χ1n) is 9.05. The first-order chi connectivity index (χ1) is 13.0. The fourth-order valence-corrected chi connectivity index (χ4v) is 2.60. The summed E-state index contributed by atoms with van der Waals surface area (Å²) in [7, 11) is 1.57. The average Bonchev–Trinajstić information content (AvgIpc) is 2.68. The second kappa shape index (κ2) is 10.3. The summed E-state index contributed by atoms with van der Waals surface area (Å²) in [6.45, 7) is 4.83. The molecule has 2 aromatic rings. The van der Waals surface area contributed by atoms with Gasteiger partial charge in [0.05, 0.1) is 13.7 Å². The maximum atomic E-state index is 12.1. The predicted molar refractivity (Wildman–Crippen MR) is 103 cm³/mol. The number of benzene rings is 1. The molecule has 1 aromatic heterocycles. The van der Waals surface area contributed by atoms with Gasteiger partial charge in [0.2, 0.25) is 5.78 Å². The van der Waals surface area contributed by atoms with Crippen molar-refractivity contribution in [2.24, 2.45) is 0 Å². The Balaban J connectivity index is 1.80. The van der Waals surface area contributed by atoms with Crippen LogP contribution in [0.15, 0.2) is 36.5 Å². The Kier molecular flexibility index (Phi) is 7.79. The fraction of sp³-hybridized carbons (Fsp3) is 0.381. The highest BCUT2D eigenvalue weighted by atomic mass is 16.5. The van der Waals surface area contributed by atoms with Crippen LogP contribution in [-0.2, 0) is 22.4 Å². The molecule has 1 aromatic carbocycles. The highest BCUT2D eigenvalue weighted by Gasteiger charge is 2.15. The van der Waals surface area contributed by atoms with Gasteiger partial charge in [-0.2, -0.15) is 0 Å². The van der Waals surface area contributed by atoms with Crippen LogP contribution in [0.3, 0.4) is 0 Å². The van der Waals surface area contributed by atoms with E-state index in [1.165, 1.54) is 0 Å². The molecular formula is C21H26N2O4. The van der Waals surface area contributed by atoms with Crippen LogP contribution in [0.2, 0.25) is 0 Å². The normalized spacial score (nSPS) is 10.3. The van der Waals surface area contributed by atoms with Gasteiger partial charge in [-0.15, -0.1) is 0 Å². The molecule has 2 rings (SSSR count). The number of pyridine rings is 1. The number of ether oxygens (including phenoxy) is 2. The summed E-state index contributed by atoms with van der Waals surface area (Å²) in [4.78, 5) is 28.3. The zero-order chi connectivity index (χ0) is 19.6. The third-order valence-corrected chi connectivity index (χ3v) is 4.08. The number of rotatable bonds is 10. The van der Waals surface area contributed by atoms with Crippen LogP contribution >= 0.6 is 0 Å². The van der Waals surface area contributed by atoms with Crippen molar-refractivity contribution >= 4 is 11.7 Å². The summed E-state index contributed by atoms with van der Waals surface area (Å²) in [5, 5.41) is 2.66. The van der Waals surface area contributed by atoms with Crippen LogP contribution in [0.4, 0.5) is 0 Å². The van der Waals surface area contributed by atoms with E-state index in [9.17, 15) is 9.59 Å². The molecule has 0 atom stereocenters. The Morgan fingerprint density at radius 1 is 1.15 bits per heavy atom. The number of methoxy groups -OCH3 is 1. The lowest BCUT2D eigenvalue weighted by Crippen LogP contribution is -2.32. The standard InChI is InChI=1S/C21H26N2O4/c1-4-27-18-9-6-16(20(13-18)26-3)7-10-19(24)21(25)22-12-11-17-8-5-15(2)14-23-17/h5-6,8-9,13-14H,4,7,10-12H2,1-3H3,(H,22,25). The quantitative estimate of drug-likeness (QED) is 0.651. The number of Topliss-reactive ketones (excluding diaryl/α,β-unsaturated/α-hetero) is 1. The van der Waals surface area contributed by atoms with E-state index in [1.54, 1.807) is 19.4 Å². The van der Waals surface area contributed by atoms with Crippen molar-refractivity contribution in [3.63, 3.8) is 0 Å². The molecule has 0 saturated carbocycles. The van der Waals surface area contributed by atoms with Gasteiger partial charge in [-0.05, 0) is 43.5 Å². The van der Waals surface area contributed by atoms with E-state index < -0.39 is 11.7 Å². The molecule has 0 fully saturated rings. The molecule has 0 spiro atoms. The zero-order valence-corrected chi connectivity index (χ0v) is 16.1. The number of hydrogen-bond acceptors (Lipinski definition) is 5. The number of carbonyl (C=O) groups excluding carboxylic acids is 2. The number of carbonyl (C=O) groups is 2. The van der Waals surface area contributed by atoms with Gasteiger partial charge in [0.1, 0.15) is 11.5 Å². The van der Waals surface area contributed by atoms with Gasteiger partial charge >= 0.3 is 0 Å². The highest BCUT2D eigenvalue weighted by Crippen LogP contribution is 2.25. The summed E-state index contributed by atoms with van der Waals surface area (Å²) < 4.78 is 10.8. The predicted octanol–water partition coefficient (Wildman–Crippen LogP) is 2.66. The molecule has 1 heterocycles. The molecule has 144 valence electrons. The second-order valence-corrected chi connectivity index (χ2v) is 6.16. The van der Waals surface area contributed by atoms with Gasteiger partial charge in [-0.3, -0.25) is 14.6 Å². The van der Waals surface area contributed by atoms with E-state index in [4.69, 9.17) is 9.47 Å². The summed E-state index contributed by atoms with van der Waals surface area (Å²) in [6.07, 6.45) is 2.93. The van der Waals surface area contributed by atoms with Crippen molar-refractivity contribution in [2.45, 2.75) is 33.1 Å². The van der Waals surface area contributed by atoms with Crippen molar-refractivity contribution in [3.8, 4) is 11.5 Å². The minimum absolute atomic E-state index is 0.124. The first kappa shape index (κ1) is 20.4. The van der Waals surface area contributed by atoms with E-state index in [0.29, 0.717) is 37.5 Å². The number of hydrogen-bond donors (Lipinski definition) is 1. The molecule has 27 heavy (non-hydrogen) atoms. The number of nitrogens with one attached hydrogen (secondary N) is 1. The maximum Gasteiger partial charge on any atom is 0.287 e. The van der Waals surface area contributed by atoms with Gasteiger partial charge in [0.25, 0.3) is 5.91 Å². The number of aryl methyl sites for hydroxylation is 2. The molecule has 6 nitrogen and oxygen atoms in total. The molecule has 1 amide bonds. The van der Waals surface area contributed by atoms with E-state index >= 15 is 0 Å². The van der Waals surface area contributed by atoms with Crippen LogP contribution in [0.25, 0.3) is 0 Å². The van der Waals surface area contributed by atoms with Crippen molar-refractivity contribution in [3.05, 3.63) is 53.3 Å². The van der Waals surface area contributed by atoms with E-state index in [2.05, 4.69) is 10.3 Å². The van der Waals surface area contributed by atoms with Gasteiger partial charge in [-0.1, -0.05) is 12.1 Å². The lowest BCUT2D eigenvalue weighted by molar-refractivity contribution is -0.137. The Morgan fingerprint density at radius 3 is 2.63 bits per heavy atom. The van der Waals surface area contributed by atoms with Crippen LogP contribution in [0.5, 0.6) is 11.5 Å². The van der Waals surface area contributed by atoms with Crippen molar-refractivity contribution in [1.29, 1.82) is 0 Å². The largest absolute Gasteiger partial charge is 0.496 e. The number of amides is 1. The van der Waals surface area contributed by atoms with Crippen LogP contribution in [0, 0.1) is 6.92 Å². The fourth-order valence-electron chi connectivity index (χ4n) is 2.60. The summed E-state index contributed by atoms with van der Waals surface area (Å²) >= 11 is 0. The molecule has 0 radical (unpaired) electrons. The number of nitrogens with zero attached hydrogens (tertiary/aromatic N) is 1. The monoisotopic (exact) mass is 370 g/mol. The molecule has 1 N–H and O–H groups in total. The lowest BCUT2D eigenvalue weighted by atomic mass is 10.1. The summed E-state index contributed by atoms with van der Waals surface area (Å²) in [5.74, 6) is 0.362. The van der Waals surface area contributed by atoms with E-state index in [1.807, 2.05) is 38.1 Å². The minimum atomic E-state index is -0.563. The molecule has 0 aliphatic heterocycles. The minimum Gasteiger partial charge on any atom is -0.496 e. The molecular weight excluding hydrogens is 344 g/mol. The van der Waals surface area contributed by atoms with Crippen LogP contribution < -0.4 is 14.8 Å². The molecule has 6 heteroatoms. The Hall–Kier alpha value is -2.89. The topological polar surface area (TPSA) is 77.5 Å². The molecule has 0 saturated heterocycles. The highest BCUT2D eigenvalue weighted by molar-refractivity contribution is 6.36. The van der Waals surface area contributed by atoms with Crippen LogP contribution in [-0.4, -0.2) is 36.9 Å². The first-order valence-corrected chi connectivity index (χ1v) is 9.05. The Bertz CT molecular complexity index is 772. The van der Waals surface area contributed by atoms with E-state index in [0.717, 1.165) is 16.8 Å². The van der Waals surface area contributed by atoms with Crippen LogP contribution in [0.1, 0.15) is 30.2 Å². The zero-order valence-electron chi connectivity index (χ0n) is 16.1. The lowest BCUT2D eigenvalue weighted by Gasteiger charge is -2.11. The van der Waals surface area contributed by atoms with Gasteiger partial charge in [-0.25, -0.2) is 0 Å².